The minimum absolute atomic E-state index is 0.121. The molecule has 0 heterocycles. The summed E-state index contributed by atoms with van der Waals surface area (Å²) in [6.07, 6.45) is 4.38. The lowest BCUT2D eigenvalue weighted by Gasteiger charge is -2.07. The quantitative estimate of drug-likeness (QED) is 0.569. The number of methoxy groups -OCH3 is 1. The Kier molecular flexibility index (Phi) is 7.18. The first-order valence-electron chi connectivity index (χ1n) is 6.83. The summed E-state index contributed by atoms with van der Waals surface area (Å²) in [4.78, 5) is 22.4. The van der Waals surface area contributed by atoms with Crippen LogP contribution in [0.1, 0.15) is 34.3 Å². The van der Waals surface area contributed by atoms with Gasteiger partial charge in [0.2, 0.25) is 0 Å². The van der Waals surface area contributed by atoms with Gasteiger partial charge in [0, 0.05) is 31.9 Å². The van der Waals surface area contributed by atoms with Crippen LogP contribution in [0, 0.1) is 6.92 Å². The number of nitrogens with one attached hydrogen (secondary N) is 1. The van der Waals surface area contributed by atoms with E-state index < -0.39 is 5.97 Å². The lowest BCUT2D eigenvalue weighted by atomic mass is 10.0. The Hall–Kier alpha value is -2.14. The fraction of sp³-hybridized carbons (Fsp3) is 0.375. The van der Waals surface area contributed by atoms with Gasteiger partial charge in [-0.2, -0.15) is 0 Å². The molecular weight excluding hydrogens is 270 g/mol. The van der Waals surface area contributed by atoms with Crippen molar-refractivity contribution < 1.29 is 19.4 Å². The number of carboxylic acids is 1. The zero-order valence-electron chi connectivity index (χ0n) is 12.4. The standard InChI is InChI=1S/C16H21NO4/c1-12-11-14(6-5-13(12)7-8-15(18)19)16(20)17-9-3-4-10-21-2/h5-8,11H,3-4,9-10H2,1-2H3,(H,17,20)(H,18,19)/b8-7+. The SMILES string of the molecule is COCCCCNC(=O)c1ccc(/C=C/C(=O)O)c(C)c1. The molecule has 0 aliphatic rings. The van der Waals surface area contributed by atoms with E-state index in [1.54, 1.807) is 25.3 Å². The summed E-state index contributed by atoms with van der Waals surface area (Å²) in [5, 5.41) is 11.5. The molecule has 0 aliphatic heterocycles. The first kappa shape index (κ1) is 16.9. The number of carboxylic acid groups (broad SMARTS) is 1. The second-order valence-corrected chi connectivity index (χ2v) is 4.70. The van der Waals surface area contributed by atoms with E-state index in [1.807, 2.05) is 6.92 Å². The molecule has 0 saturated heterocycles. The fourth-order valence-corrected chi connectivity index (χ4v) is 1.84. The van der Waals surface area contributed by atoms with Gasteiger partial charge in [-0.15, -0.1) is 0 Å². The van der Waals surface area contributed by atoms with Gasteiger partial charge >= 0.3 is 5.97 Å². The second kappa shape index (κ2) is 8.92. The minimum atomic E-state index is -0.993. The molecular formula is C16H21NO4. The maximum Gasteiger partial charge on any atom is 0.328 e. The van der Waals surface area contributed by atoms with E-state index in [1.165, 1.54) is 6.08 Å². The second-order valence-electron chi connectivity index (χ2n) is 4.70. The molecule has 0 bridgehead atoms. The number of hydrogen-bond donors (Lipinski definition) is 2. The molecule has 1 aromatic rings. The van der Waals surface area contributed by atoms with Gasteiger partial charge < -0.3 is 15.2 Å². The normalized spacial score (nSPS) is 10.8. The summed E-state index contributed by atoms with van der Waals surface area (Å²) in [6, 6.07) is 5.19. The van der Waals surface area contributed by atoms with Crippen LogP contribution in [0.5, 0.6) is 0 Å². The molecule has 0 radical (unpaired) electrons. The van der Waals surface area contributed by atoms with Crippen LogP contribution < -0.4 is 5.32 Å². The number of unbranched alkanes of at least 4 members (excludes halogenated alkanes) is 1. The zero-order valence-corrected chi connectivity index (χ0v) is 12.4. The lowest BCUT2D eigenvalue weighted by molar-refractivity contribution is -0.131. The summed E-state index contributed by atoms with van der Waals surface area (Å²) in [6.45, 7) is 3.15. The van der Waals surface area contributed by atoms with E-state index in [0.717, 1.165) is 30.0 Å². The number of carbonyl (C=O) groups is 2. The highest BCUT2D eigenvalue weighted by Crippen LogP contribution is 2.13. The number of carbonyl (C=O) groups excluding carboxylic acids is 1. The van der Waals surface area contributed by atoms with E-state index >= 15 is 0 Å². The molecule has 0 aromatic heterocycles. The Morgan fingerprint density at radius 3 is 2.71 bits per heavy atom. The third-order valence-electron chi connectivity index (χ3n) is 3.00. The molecule has 1 rings (SSSR count). The van der Waals surface area contributed by atoms with Crippen molar-refractivity contribution in [2.45, 2.75) is 19.8 Å². The van der Waals surface area contributed by atoms with E-state index in [2.05, 4.69) is 5.32 Å². The van der Waals surface area contributed by atoms with Gasteiger partial charge in [-0.3, -0.25) is 4.79 Å². The highest BCUT2D eigenvalue weighted by Gasteiger charge is 2.06. The number of ether oxygens (including phenoxy) is 1. The van der Waals surface area contributed by atoms with Crippen LogP contribution in [-0.4, -0.2) is 37.2 Å². The van der Waals surface area contributed by atoms with E-state index in [-0.39, 0.29) is 5.91 Å². The average molecular weight is 291 g/mol. The van der Waals surface area contributed by atoms with Crippen molar-refractivity contribution in [1.82, 2.24) is 5.32 Å². The van der Waals surface area contributed by atoms with Crippen LogP contribution in [-0.2, 0) is 9.53 Å². The maximum absolute atomic E-state index is 12.0. The van der Waals surface area contributed by atoms with Gasteiger partial charge in [-0.25, -0.2) is 4.79 Å². The van der Waals surface area contributed by atoms with Gasteiger partial charge in [0.15, 0.2) is 0 Å². The Morgan fingerprint density at radius 1 is 1.33 bits per heavy atom. The average Bonchev–Trinajstić information content (AvgIpc) is 2.45. The minimum Gasteiger partial charge on any atom is -0.478 e. The Bertz CT molecular complexity index is 523. The van der Waals surface area contributed by atoms with Crippen molar-refractivity contribution in [3.05, 3.63) is 41.0 Å². The third-order valence-corrected chi connectivity index (χ3v) is 3.00. The summed E-state index contributed by atoms with van der Waals surface area (Å²) in [5.41, 5.74) is 2.22. The Labute approximate surface area is 124 Å². The maximum atomic E-state index is 12.0. The molecule has 0 unspecified atom stereocenters. The van der Waals surface area contributed by atoms with Gasteiger partial charge in [0.1, 0.15) is 0 Å². The number of hydrogen-bond acceptors (Lipinski definition) is 3. The predicted octanol–water partition coefficient (Wildman–Crippen LogP) is 2.25. The van der Waals surface area contributed by atoms with Crippen LogP contribution in [0.15, 0.2) is 24.3 Å². The number of aliphatic carboxylic acids is 1. The molecule has 2 N–H and O–H groups in total. The molecule has 1 aromatic carbocycles. The number of rotatable bonds is 8. The zero-order chi connectivity index (χ0) is 15.7. The highest BCUT2D eigenvalue weighted by atomic mass is 16.5. The summed E-state index contributed by atoms with van der Waals surface area (Å²) in [7, 11) is 1.65. The van der Waals surface area contributed by atoms with Crippen LogP contribution in [0.4, 0.5) is 0 Å². The van der Waals surface area contributed by atoms with E-state index in [9.17, 15) is 9.59 Å². The molecule has 0 spiro atoms. The Balaban J connectivity index is 2.57. The predicted molar refractivity (Wildman–Crippen MR) is 81.3 cm³/mol. The van der Waals surface area contributed by atoms with Crippen LogP contribution in [0.3, 0.4) is 0 Å². The molecule has 21 heavy (non-hydrogen) atoms. The number of benzene rings is 1. The van der Waals surface area contributed by atoms with Crippen molar-refractivity contribution >= 4 is 18.0 Å². The molecule has 5 nitrogen and oxygen atoms in total. The molecule has 0 aliphatic carbocycles. The van der Waals surface area contributed by atoms with Crippen molar-refractivity contribution in [2.24, 2.45) is 0 Å². The smallest absolute Gasteiger partial charge is 0.328 e. The lowest BCUT2D eigenvalue weighted by Crippen LogP contribution is -2.24. The van der Waals surface area contributed by atoms with Crippen molar-refractivity contribution in [3.63, 3.8) is 0 Å². The van der Waals surface area contributed by atoms with Gasteiger partial charge in [0.05, 0.1) is 0 Å². The van der Waals surface area contributed by atoms with Crippen LogP contribution in [0.25, 0.3) is 6.08 Å². The van der Waals surface area contributed by atoms with Gasteiger partial charge in [-0.05, 0) is 49.1 Å². The summed E-state index contributed by atoms with van der Waals surface area (Å²) >= 11 is 0. The van der Waals surface area contributed by atoms with Crippen molar-refractivity contribution in [2.75, 3.05) is 20.3 Å². The largest absolute Gasteiger partial charge is 0.478 e. The highest BCUT2D eigenvalue weighted by molar-refractivity contribution is 5.95. The molecule has 0 fully saturated rings. The molecule has 0 saturated carbocycles. The first-order valence-corrected chi connectivity index (χ1v) is 6.83. The fourth-order valence-electron chi connectivity index (χ4n) is 1.84. The van der Waals surface area contributed by atoms with Crippen molar-refractivity contribution in [3.8, 4) is 0 Å². The topological polar surface area (TPSA) is 75.6 Å². The number of amides is 1. The first-order chi connectivity index (χ1) is 10.0. The van der Waals surface area contributed by atoms with E-state index in [4.69, 9.17) is 9.84 Å². The summed E-state index contributed by atoms with van der Waals surface area (Å²) in [5.74, 6) is -1.11. The third kappa shape index (κ3) is 6.23. The molecule has 5 heteroatoms. The molecule has 0 atom stereocenters. The van der Waals surface area contributed by atoms with Gasteiger partial charge in [0.25, 0.3) is 5.91 Å². The van der Waals surface area contributed by atoms with Crippen LogP contribution >= 0.6 is 0 Å². The van der Waals surface area contributed by atoms with E-state index in [0.29, 0.717) is 18.7 Å². The number of aryl methyl sites for hydroxylation is 1. The van der Waals surface area contributed by atoms with Crippen LogP contribution in [0.2, 0.25) is 0 Å². The monoisotopic (exact) mass is 291 g/mol. The molecule has 114 valence electrons. The molecule has 1 amide bonds. The van der Waals surface area contributed by atoms with Gasteiger partial charge in [-0.1, -0.05) is 6.07 Å². The Morgan fingerprint density at radius 2 is 2.10 bits per heavy atom. The summed E-state index contributed by atoms with van der Waals surface area (Å²) < 4.78 is 4.94. The van der Waals surface area contributed by atoms with Crippen molar-refractivity contribution in [1.29, 1.82) is 0 Å².